The van der Waals surface area contributed by atoms with Crippen LogP contribution in [-0.2, 0) is 6.54 Å². The first-order valence-corrected chi connectivity index (χ1v) is 11.7. The number of benzene rings is 1. The molecule has 4 aromatic rings. The van der Waals surface area contributed by atoms with E-state index >= 15 is 0 Å². The van der Waals surface area contributed by atoms with Crippen LogP contribution in [0.25, 0.3) is 22.4 Å². The third kappa shape index (κ3) is 5.13. The maximum atomic E-state index is 11.7. The van der Waals surface area contributed by atoms with Crippen LogP contribution in [0.1, 0.15) is 24.8 Å². The molecule has 5 rings (SSSR count). The number of aliphatic hydroxyl groups is 1. The minimum atomic E-state index is -0.280. The van der Waals surface area contributed by atoms with Gasteiger partial charge >= 0.3 is 0 Å². The lowest BCUT2D eigenvalue weighted by molar-refractivity contribution is 0.182. The molecule has 0 radical (unpaired) electrons. The largest absolute Gasteiger partial charge is 0.393 e. The van der Waals surface area contributed by atoms with Crippen molar-refractivity contribution in [2.24, 2.45) is 0 Å². The number of allylic oxidation sites excluding steroid dienone is 1. The molecule has 12 nitrogen and oxygen atoms in total. The monoisotopic (exact) mass is 486 g/mol. The lowest BCUT2D eigenvalue weighted by Crippen LogP contribution is -2.26. The Kier molecular flexibility index (Phi) is 6.76. The molecule has 4 N–H and O–H groups in total. The molecule has 1 fully saturated rings. The fourth-order valence-corrected chi connectivity index (χ4v) is 4.15. The Hall–Kier alpha value is -4.45. The quantitative estimate of drug-likeness (QED) is 0.202. The van der Waals surface area contributed by atoms with Gasteiger partial charge in [-0.3, -0.25) is 4.79 Å². The van der Waals surface area contributed by atoms with Gasteiger partial charge in [-0.15, -0.1) is 5.10 Å². The van der Waals surface area contributed by atoms with E-state index in [1.165, 1.54) is 17.0 Å². The van der Waals surface area contributed by atoms with Crippen molar-refractivity contribution >= 4 is 28.9 Å². The van der Waals surface area contributed by atoms with Crippen molar-refractivity contribution in [3.8, 4) is 5.69 Å². The van der Waals surface area contributed by atoms with Crippen molar-refractivity contribution in [2.45, 2.75) is 38.0 Å². The van der Waals surface area contributed by atoms with Crippen LogP contribution in [-0.4, -0.2) is 64.8 Å². The number of aliphatic hydroxyl groups excluding tert-OH is 1. The van der Waals surface area contributed by atoms with Gasteiger partial charge in [0.05, 0.1) is 24.5 Å². The Balaban J connectivity index is 1.28. The van der Waals surface area contributed by atoms with Crippen LogP contribution in [0.2, 0.25) is 0 Å². The highest BCUT2D eigenvalue weighted by Gasteiger charge is 2.23. The zero-order valence-corrected chi connectivity index (χ0v) is 19.4. The smallest absolute Gasteiger partial charge is 0.266 e. The van der Waals surface area contributed by atoms with Gasteiger partial charge in [-0.2, -0.15) is 14.8 Å². The van der Waals surface area contributed by atoms with Gasteiger partial charge < -0.3 is 21.1 Å². The van der Waals surface area contributed by atoms with Crippen molar-refractivity contribution in [1.82, 2.24) is 40.1 Å². The maximum absolute atomic E-state index is 11.7. The highest BCUT2D eigenvalue weighted by molar-refractivity contribution is 6.08. The van der Waals surface area contributed by atoms with Crippen LogP contribution in [0.4, 0.5) is 5.95 Å². The topological polar surface area (TPSA) is 160 Å². The van der Waals surface area contributed by atoms with E-state index in [1.54, 1.807) is 29.3 Å². The van der Waals surface area contributed by atoms with Crippen molar-refractivity contribution in [1.29, 1.82) is 5.41 Å². The molecule has 0 amide bonds. The first-order valence-electron chi connectivity index (χ1n) is 11.7. The predicted octanol–water partition coefficient (Wildman–Crippen LogP) is 1.37. The fourth-order valence-electron chi connectivity index (χ4n) is 4.15. The van der Waals surface area contributed by atoms with Crippen molar-refractivity contribution in [3.63, 3.8) is 0 Å². The van der Waals surface area contributed by atoms with Gasteiger partial charge in [0.1, 0.15) is 0 Å². The second kappa shape index (κ2) is 10.4. The standard InChI is InChI=1S/C24H26N10O2/c25-13-17(14-26-10-11-33-22(36)2-1-9-28-33)16-3-6-19(7-4-16)34-23-21(31-32-34)15-27-24(30-23)29-18-5-8-20(35)12-18/h1-4,6-7,9,13-15,18,20,25-26,35H,5,8,10-12H2,(H,27,29,30)/b17-14+,25-13?/t18-,20-/m1/s1. The van der Waals surface area contributed by atoms with E-state index in [2.05, 4.69) is 36.0 Å². The Morgan fingerprint density at radius 1 is 1.22 bits per heavy atom. The van der Waals surface area contributed by atoms with Crippen LogP contribution in [0.5, 0.6) is 0 Å². The normalized spacial score (nSPS) is 17.9. The molecule has 1 aromatic carbocycles. The summed E-state index contributed by atoms with van der Waals surface area (Å²) in [5.74, 6) is 0.481. The highest BCUT2D eigenvalue weighted by atomic mass is 16.3. The van der Waals surface area contributed by atoms with Crippen LogP contribution < -0.4 is 16.2 Å². The minimum Gasteiger partial charge on any atom is -0.393 e. The van der Waals surface area contributed by atoms with E-state index < -0.39 is 0 Å². The van der Waals surface area contributed by atoms with Gasteiger partial charge in [0, 0.05) is 42.8 Å². The average molecular weight is 487 g/mol. The molecular formula is C24H26N10O2. The molecule has 1 saturated carbocycles. The van der Waals surface area contributed by atoms with Crippen molar-refractivity contribution in [2.75, 3.05) is 11.9 Å². The summed E-state index contributed by atoms with van der Waals surface area (Å²) in [6.45, 7) is 0.910. The molecule has 2 atom stereocenters. The second-order valence-corrected chi connectivity index (χ2v) is 8.54. The van der Waals surface area contributed by atoms with Crippen LogP contribution in [0, 0.1) is 5.41 Å². The Morgan fingerprint density at radius 3 is 2.83 bits per heavy atom. The summed E-state index contributed by atoms with van der Waals surface area (Å²) in [6, 6.07) is 10.8. The number of nitrogens with zero attached hydrogens (tertiary/aromatic N) is 7. The molecule has 3 heterocycles. The summed E-state index contributed by atoms with van der Waals surface area (Å²) in [7, 11) is 0. The van der Waals surface area contributed by atoms with E-state index in [0.717, 1.165) is 24.1 Å². The molecule has 0 bridgehead atoms. The zero-order valence-electron chi connectivity index (χ0n) is 19.4. The van der Waals surface area contributed by atoms with Crippen molar-refractivity contribution in [3.05, 3.63) is 70.9 Å². The molecule has 12 heteroatoms. The lowest BCUT2D eigenvalue weighted by atomic mass is 10.1. The Labute approximate surface area is 206 Å². The molecule has 0 saturated heterocycles. The summed E-state index contributed by atoms with van der Waals surface area (Å²) in [4.78, 5) is 20.7. The second-order valence-electron chi connectivity index (χ2n) is 8.54. The summed E-state index contributed by atoms with van der Waals surface area (Å²) >= 11 is 0. The van der Waals surface area contributed by atoms with Gasteiger partial charge in [0.2, 0.25) is 5.95 Å². The first kappa shape index (κ1) is 23.3. The van der Waals surface area contributed by atoms with Crippen molar-refractivity contribution < 1.29 is 5.11 Å². The number of hydrogen-bond donors (Lipinski definition) is 4. The fraction of sp³-hybridized carbons (Fsp3) is 0.292. The van der Waals surface area contributed by atoms with E-state index in [1.807, 2.05) is 24.3 Å². The van der Waals surface area contributed by atoms with Gasteiger partial charge in [0.25, 0.3) is 5.56 Å². The molecule has 0 unspecified atom stereocenters. The Bertz CT molecular complexity index is 1440. The minimum absolute atomic E-state index is 0.144. The molecule has 1 aliphatic rings. The lowest BCUT2D eigenvalue weighted by Gasteiger charge is -2.11. The summed E-state index contributed by atoms with van der Waals surface area (Å²) in [5, 5.41) is 36.4. The number of anilines is 1. The van der Waals surface area contributed by atoms with Crippen LogP contribution in [0.15, 0.2) is 59.8 Å². The SMILES string of the molecule is N=C/C(=C\NCCn1ncccc1=O)c1ccc(-n2nnc3cnc(N[C@@H]4CC[C@@H](O)C4)nc32)cc1. The van der Waals surface area contributed by atoms with E-state index in [9.17, 15) is 9.90 Å². The number of hydrogen-bond acceptors (Lipinski definition) is 10. The summed E-state index contributed by atoms with van der Waals surface area (Å²) in [6.07, 6.45) is 8.27. The van der Waals surface area contributed by atoms with E-state index in [4.69, 9.17) is 5.41 Å². The zero-order chi connectivity index (χ0) is 24.9. The highest BCUT2D eigenvalue weighted by Crippen LogP contribution is 2.23. The molecule has 0 aliphatic heterocycles. The molecule has 184 valence electrons. The van der Waals surface area contributed by atoms with E-state index in [0.29, 0.717) is 42.2 Å². The molecular weight excluding hydrogens is 460 g/mol. The van der Waals surface area contributed by atoms with Gasteiger partial charge in [-0.25, -0.2) is 9.67 Å². The number of rotatable bonds is 9. The average Bonchev–Trinajstić information content (AvgIpc) is 3.51. The van der Waals surface area contributed by atoms with E-state index in [-0.39, 0.29) is 17.7 Å². The molecule has 3 aromatic heterocycles. The Morgan fingerprint density at radius 2 is 2.08 bits per heavy atom. The summed E-state index contributed by atoms with van der Waals surface area (Å²) in [5.41, 5.74) is 3.30. The summed E-state index contributed by atoms with van der Waals surface area (Å²) < 4.78 is 3.02. The number of aromatic nitrogens is 7. The first-order chi connectivity index (χ1) is 17.6. The van der Waals surface area contributed by atoms with Gasteiger partial charge in [-0.1, -0.05) is 17.3 Å². The van der Waals surface area contributed by atoms with Gasteiger partial charge in [-0.05, 0) is 43.0 Å². The number of fused-ring (bicyclic) bond motifs is 1. The van der Waals surface area contributed by atoms with Crippen LogP contribution in [0.3, 0.4) is 0 Å². The predicted molar refractivity (Wildman–Crippen MR) is 135 cm³/mol. The number of nitrogens with one attached hydrogen (secondary N) is 3. The molecule has 0 spiro atoms. The van der Waals surface area contributed by atoms with Crippen LogP contribution >= 0.6 is 0 Å². The third-order valence-corrected chi connectivity index (χ3v) is 6.04. The molecule has 36 heavy (non-hydrogen) atoms. The third-order valence-electron chi connectivity index (χ3n) is 6.04. The molecule has 1 aliphatic carbocycles. The van der Waals surface area contributed by atoms with Gasteiger partial charge in [0.15, 0.2) is 11.2 Å². The maximum Gasteiger partial charge on any atom is 0.266 e.